The smallest absolute Gasteiger partial charge is 0.174 e. The molecule has 2 nitrogen and oxygen atoms in total. The molecule has 0 unspecified atom stereocenters. The summed E-state index contributed by atoms with van der Waals surface area (Å²) in [6.07, 6.45) is 0.242. The Morgan fingerprint density at radius 2 is 2.21 bits per heavy atom. The summed E-state index contributed by atoms with van der Waals surface area (Å²) in [5.41, 5.74) is 6.78. The lowest BCUT2D eigenvalue weighted by Crippen LogP contribution is -1.99. The molecule has 0 bridgehead atoms. The normalized spacial score (nSPS) is 9.00. The number of anilines is 1. The zero-order chi connectivity index (χ0) is 10.6. The molecule has 0 atom stereocenters. The number of benzene rings is 1. The Morgan fingerprint density at radius 3 is 2.79 bits per heavy atom. The zero-order valence-electron chi connectivity index (χ0n) is 7.80. The Kier molecular flexibility index (Phi) is 3.73. The topological polar surface area (TPSA) is 43.1 Å². The van der Waals surface area contributed by atoms with Gasteiger partial charge < -0.3 is 5.73 Å². The van der Waals surface area contributed by atoms with Crippen LogP contribution in [0.5, 0.6) is 0 Å². The quantitative estimate of drug-likeness (QED) is 0.499. The molecule has 2 N–H and O–H groups in total. The molecule has 1 aromatic rings. The van der Waals surface area contributed by atoms with Crippen LogP contribution in [0, 0.1) is 11.8 Å². The maximum atomic E-state index is 11.5. The summed E-state index contributed by atoms with van der Waals surface area (Å²) in [6, 6.07) is 5.16. The van der Waals surface area contributed by atoms with Crippen LogP contribution in [0.25, 0.3) is 0 Å². The number of Topliss-reactive ketones (excluding diaryl/α,β-unsaturated/α-hetero) is 1. The van der Waals surface area contributed by atoms with Crippen LogP contribution >= 0.6 is 15.9 Å². The van der Waals surface area contributed by atoms with Gasteiger partial charge in [-0.25, -0.2) is 0 Å². The highest BCUT2D eigenvalue weighted by molar-refractivity contribution is 9.10. The first-order chi connectivity index (χ1) is 6.63. The summed E-state index contributed by atoms with van der Waals surface area (Å²) >= 11 is 3.28. The molecule has 0 aliphatic heterocycles. The van der Waals surface area contributed by atoms with Crippen molar-refractivity contribution in [3.8, 4) is 11.8 Å². The first-order valence-corrected chi connectivity index (χ1v) is 4.91. The van der Waals surface area contributed by atoms with Gasteiger partial charge in [-0.2, -0.15) is 0 Å². The van der Waals surface area contributed by atoms with E-state index < -0.39 is 0 Å². The number of nitrogens with two attached hydrogens (primary N) is 1. The molecular weight excluding hydrogens is 242 g/mol. The summed E-state index contributed by atoms with van der Waals surface area (Å²) in [5, 5.41) is 0. The lowest BCUT2D eigenvalue weighted by Gasteiger charge is -2.00. The lowest BCUT2D eigenvalue weighted by molar-refractivity contribution is 0.0998. The van der Waals surface area contributed by atoms with Crippen molar-refractivity contribution < 1.29 is 4.79 Å². The molecule has 0 saturated carbocycles. The number of hydrogen-bond donors (Lipinski definition) is 1. The van der Waals surface area contributed by atoms with Gasteiger partial charge in [-0.15, -0.1) is 5.92 Å². The predicted octanol–water partition coefficient (Wildman–Crippen LogP) is 2.63. The van der Waals surface area contributed by atoms with Gasteiger partial charge in [-0.3, -0.25) is 4.79 Å². The maximum absolute atomic E-state index is 11.5. The first kappa shape index (κ1) is 10.8. The van der Waals surface area contributed by atoms with Gasteiger partial charge in [0, 0.05) is 15.7 Å². The molecule has 72 valence electrons. The third-order valence-electron chi connectivity index (χ3n) is 1.67. The average Bonchev–Trinajstić information content (AvgIpc) is 2.12. The van der Waals surface area contributed by atoms with Gasteiger partial charge in [0.15, 0.2) is 5.78 Å². The van der Waals surface area contributed by atoms with Gasteiger partial charge >= 0.3 is 0 Å². The molecule has 14 heavy (non-hydrogen) atoms. The van der Waals surface area contributed by atoms with Crippen molar-refractivity contribution in [2.45, 2.75) is 13.3 Å². The molecule has 1 aromatic carbocycles. The predicted molar refractivity (Wildman–Crippen MR) is 61.0 cm³/mol. The minimum absolute atomic E-state index is 0.00708. The summed E-state index contributed by atoms with van der Waals surface area (Å²) in [5.74, 6) is 5.41. The summed E-state index contributed by atoms with van der Waals surface area (Å²) < 4.78 is 0.810. The molecular formula is C11H10BrNO. The van der Waals surface area contributed by atoms with Crippen molar-refractivity contribution in [3.63, 3.8) is 0 Å². The van der Waals surface area contributed by atoms with E-state index in [2.05, 4.69) is 27.8 Å². The van der Waals surface area contributed by atoms with Crippen LogP contribution in [-0.2, 0) is 0 Å². The van der Waals surface area contributed by atoms with Gasteiger partial charge in [-0.05, 0) is 25.1 Å². The fraction of sp³-hybridized carbons (Fsp3) is 0.182. The Balaban J connectivity index is 2.93. The van der Waals surface area contributed by atoms with Crippen molar-refractivity contribution in [2.24, 2.45) is 0 Å². The van der Waals surface area contributed by atoms with Crippen molar-refractivity contribution in [3.05, 3.63) is 28.2 Å². The molecule has 0 aliphatic rings. The molecule has 0 heterocycles. The zero-order valence-corrected chi connectivity index (χ0v) is 9.39. The fourth-order valence-corrected chi connectivity index (χ4v) is 1.56. The number of carbonyl (C=O) groups excluding carboxylic acids is 1. The minimum atomic E-state index is -0.00708. The average molecular weight is 252 g/mol. The van der Waals surface area contributed by atoms with E-state index in [-0.39, 0.29) is 12.2 Å². The second-order valence-electron chi connectivity index (χ2n) is 2.80. The molecule has 0 amide bonds. The van der Waals surface area contributed by atoms with Crippen molar-refractivity contribution in [1.82, 2.24) is 0 Å². The molecule has 1 rings (SSSR count). The maximum Gasteiger partial charge on any atom is 0.174 e. The van der Waals surface area contributed by atoms with Crippen LogP contribution in [0.1, 0.15) is 23.7 Å². The second kappa shape index (κ2) is 4.83. The van der Waals surface area contributed by atoms with Crippen molar-refractivity contribution >= 4 is 27.4 Å². The van der Waals surface area contributed by atoms with Crippen molar-refractivity contribution in [1.29, 1.82) is 0 Å². The van der Waals surface area contributed by atoms with Crippen LogP contribution in [-0.4, -0.2) is 5.78 Å². The van der Waals surface area contributed by atoms with Crippen LogP contribution in [0.4, 0.5) is 5.69 Å². The van der Waals surface area contributed by atoms with E-state index in [1.54, 1.807) is 25.1 Å². The van der Waals surface area contributed by atoms with E-state index in [9.17, 15) is 4.79 Å². The summed E-state index contributed by atoms with van der Waals surface area (Å²) in [6.45, 7) is 1.71. The number of carbonyl (C=O) groups is 1. The van der Waals surface area contributed by atoms with E-state index in [0.717, 1.165) is 4.47 Å². The first-order valence-electron chi connectivity index (χ1n) is 4.12. The highest BCUT2D eigenvalue weighted by Crippen LogP contribution is 2.18. The van der Waals surface area contributed by atoms with E-state index in [4.69, 9.17) is 5.73 Å². The van der Waals surface area contributed by atoms with E-state index in [1.807, 2.05) is 0 Å². The number of hydrogen-bond acceptors (Lipinski definition) is 2. The third kappa shape index (κ3) is 2.90. The number of nitrogen functional groups attached to an aromatic ring is 1. The molecule has 0 fully saturated rings. The second-order valence-corrected chi connectivity index (χ2v) is 3.72. The largest absolute Gasteiger partial charge is 0.399 e. The van der Waals surface area contributed by atoms with Gasteiger partial charge in [0.2, 0.25) is 0 Å². The fourth-order valence-electron chi connectivity index (χ4n) is 1.04. The van der Waals surface area contributed by atoms with E-state index in [1.165, 1.54) is 0 Å². The van der Waals surface area contributed by atoms with Gasteiger partial charge in [-0.1, -0.05) is 21.9 Å². The molecule has 0 spiro atoms. The molecule has 3 heteroatoms. The number of rotatable bonds is 2. The molecule has 0 radical (unpaired) electrons. The Morgan fingerprint density at radius 1 is 1.50 bits per heavy atom. The monoisotopic (exact) mass is 251 g/mol. The highest BCUT2D eigenvalue weighted by atomic mass is 79.9. The van der Waals surface area contributed by atoms with Crippen LogP contribution in [0.15, 0.2) is 22.7 Å². The van der Waals surface area contributed by atoms with Crippen LogP contribution in [0.3, 0.4) is 0 Å². The minimum Gasteiger partial charge on any atom is -0.399 e. The number of halogens is 1. The van der Waals surface area contributed by atoms with Crippen molar-refractivity contribution in [2.75, 3.05) is 5.73 Å². The lowest BCUT2D eigenvalue weighted by atomic mass is 10.1. The van der Waals surface area contributed by atoms with E-state index in [0.29, 0.717) is 11.3 Å². The SMILES string of the molecule is CC#CCC(=O)c1cc(N)cc(Br)c1. The molecule has 0 saturated heterocycles. The summed E-state index contributed by atoms with van der Waals surface area (Å²) in [4.78, 5) is 11.5. The van der Waals surface area contributed by atoms with Crippen LogP contribution < -0.4 is 5.73 Å². The Hall–Kier alpha value is -1.27. The van der Waals surface area contributed by atoms with Gasteiger partial charge in [0.1, 0.15) is 0 Å². The van der Waals surface area contributed by atoms with Crippen LogP contribution in [0.2, 0.25) is 0 Å². The highest BCUT2D eigenvalue weighted by Gasteiger charge is 2.05. The number of ketones is 1. The molecule has 0 aromatic heterocycles. The van der Waals surface area contributed by atoms with E-state index >= 15 is 0 Å². The van der Waals surface area contributed by atoms with Gasteiger partial charge in [0.05, 0.1) is 6.42 Å². The van der Waals surface area contributed by atoms with Gasteiger partial charge in [0.25, 0.3) is 0 Å². The Bertz CT molecular complexity index is 395. The third-order valence-corrected chi connectivity index (χ3v) is 2.13. The summed E-state index contributed by atoms with van der Waals surface area (Å²) in [7, 11) is 0. The standard InChI is InChI=1S/C11H10BrNO/c1-2-3-4-11(14)8-5-9(12)7-10(13)6-8/h5-7H,4,13H2,1H3. The Labute approximate surface area is 91.6 Å². The molecule has 0 aliphatic carbocycles.